The quantitative estimate of drug-likeness (QED) is 0.792. The molecule has 4 nitrogen and oxygen atoms in total. The van der Waals surface area contributed by atoms with Gasteiger partial charge >= 0.3 is 0 Å². The van der Waals surface area contributed by atoms with Gasteiger partial charge in [-0.2, -0.15) is 4.94 Å². The van der Waals surface area contributed by atoms with E-state index in [4.69, 9.17) is 4.74 Å². The van der Waals surface area contributed by atoms with E-state index in [1.165, 1.54) is 6.92 Å². The summed E-state index contributed by atoms with van der Waals surface area (Å²) in [5.74, 6) is 0.537. The Morgan fingerprint density at radius 1 is 1.33 bits per heavy atom. The fourth-order valence-corrected chi connectivity index (χ4v) is 1.88. The molecule has 0 saturated heterocycles. The van der Waals surface area contributed by atoms with Crippen molar-refractivity contribution in [3.8, 4) is 5.75 Å². The van der Waals surface area contributed by atoms with Crippen molar-refractivity contribution in [1.29, 1.82) is 0 Å². The monoisotopic (exact) mass is 256 g/mol. The van der Waals surface area contributed by atoms with E-state index >= 15 is 0 Å². The van der Waals surface area contributed by atoms with Gasteiger partial charge in [0.2, 0.25) is 0 Å². The Morgan fingerprint density at radius 3 is 2.33 bits per heavy atom. The third-order valence-electron chi connectivity index (χ3n) is 2.56. The van der Waals surface area contributed by atoms with Gasteiger partial charge in [-0.15, -0.1) is 0 Å². The van der Waals surface area contributed by atoms with E-state index in [0.717, 1.165) is 11.1 Å². The molecule has 1 atom stereocenters. The number of ether oxygens (including phenoxy) is 1. The Bertz CT molecular complexity index is 408. The van der Waals surface area contributed by atoms with Gasteiger partial charge in [0.25, 0.3) is 0 Å². The van der Waals surface area contributed by atoms with Gasteiger partial charge in [-0.1, -0.05) is 0 Å². The summed E-state index contributed by atoms with van der Waals surface area (Å²) in [4.78, 5) is 14.7. The summed E-state index contributed by atoms with van der Waals surface area (Å²) in [6.07, 6.45) is -1.02. The zero-order valence-corrected chi connectivity index (χ0v) is 10.7. The minimum absolute atomic E-state index is 0.00224. The number of carbonyl (C=O) groups excluding carboxylic acids is 1. The number of rotatable bonds is 6. The van der Waals surface area contributed by atoms with E-state index < -0.39 is 12.7 Å². The number of ketones is 1. The highest BCUT2D eigenvalue weighted by Crippen LogP contribution is 2.22. The molecular formula is C13H17FO4. The summed E-state index contributed by atoms with van der Waals surface area (Å²) < 4.78 is 16.8. The fourth-order valence-electron chi connectivity index (χ4n) is 1.88. The molecule has 0 spiro atoms. The van der Waals surface area contributed by atoms with Gasteiger partial charge < -0.3 is 9.84 Å². The number of hydrogen-bond donors (Lipinski definition) is 1. The highest BCUT2D eigenvalue weighted by molar-refractivity contribution is 5.97. The molecule has 100 valence electrons. The Balaban J connectivity index is 2.78. The highest BCUT2D eigenvalue weighted by atomic mass is 19.3. The number of carbonyl (C=O) groups is 1. The van der Waals surface area contributed by atoms with E-state index in [1.807, 2.05) is 13.8 Å². The van der Waals surface area contributed by atoms with Crippen LogP contribution in [0.5, 0.6) is 5.75 Å². The zero-order valence-electron chi connectivity index (χ0n) is 10.7. The average molecular weight is 256 g/mol. The molecule has 1 aromatic rings. The Morgan fingerprint density at radius 2 is 1.89 bits per heavy atom. The van der Waals surface area contributed by atoms with E-state index in [2.05, 4.69) is 4.94 Å². The van der Waals surface area contributed by atoms with Crippen molar-refractivity contribution in [1.82, 2.24) is 0 Å². The van der Waals surface area contributed by atoms with Crippen molar-refractivity contribution in [3.63, 3.8) is 0 Å². The highest BCUT2D eigenvalue weighted by Gasteiger charge is 2.11. The van der Waals surface area contributed by atoms with Crippen LogP contribution in [0, 0.1) is 13.8 Å². The van der Waals surface area contributed by atoms with Crippen molar-refractivity contribution in [2.75, 3.05) is 13.2 Å². The largest absolute Gasteiger partial charge is 0.491 e. The molecule has 0 saturated carbocycles. The summed E-state index contributed by atoms with van der Waals surface area (Å²) in [6.45, 7) is 4.65. The van der Waals surface area contributed by atoms with Gasteiger partial charge in [-0.05, 0) is 48.6 Å². The number of aliphatic hydroxyl groups is 1. The molecule has 0 aromatic heterocycles. The lowest BCUT2D eigenvalue weighted by molar-refractivity contribution is -0.160. The topological polar surface area (TPSA) is 55.8 Å². The smallest absolute Gasteiger partial charge is 0.160 e. The number of benzene rings is 1. The van der Waals surface area contributed by atoms with Crippen LogP contribution in [-0.4, -0.2) is 30.2 Å². The summed E-state index contributed by atoms with van der Waals surface area (Å²) in [7, 11) is 0. The van der Waals surface area contributed by atoms with E-state index in [1.54, 1.807) is 12.1 Å². The van der Waals surface area contributed by atoms with Crippen molar-refractivity contribution < 1.29 is 24.1 Å². The maximum atomic E-state index is 11.5. The average Bonchev–Trinajstić information content (AvgIpc) is 2.25. The molecule has 1 rings (SSSR count). The Kier molecular flexibility index (Phi) is 5.25. The van der Waals surface area contributed by atoms with Gasteiger partial charge in [0.15, 0.2) is 5.78 Å². The predicted molar refractivity (Wildman–Crippen MR) is 64.5 cm³/mol. The van der Waals surface area contributed by atoms with Crippen LogP contribution in [-0.2, 0) is 4.94 Å². The van der Waals surface area contributed by atoms with Gasteiger partial charge in [-0.25, -0.2) is 0 Å². The number of hydrogen-bond acceptors (Lipinski definition) is 4. The first-order valence-electron chi connectivity index (χ1n) is 5.62. The summed E-state index contributed by atoms with van der Waals surface area (Å²) in [6, 6.07) is 3.43. The molecular weight excluding hydrogens is 239 g/mol. The standard InChI is InChI=1S/C13H17FO4/c1-8-4-12(17-6-11(16)7-18-14)5-9(2)13(8)10(3)15/h4-5,11,16H,6-7H2,1-3H3. The first-order valence-corrected chi connectivity index (χ1v) is 5.62. The van der Waals surface area contributed by atoms with Crippen LogP contribution in [0.15, 0.2) is 12.1 Å². The second-order valence-corrected chi connectivity index (χ2v) is 4.23. The molecule has 0 heterocycles. The van der Waals surface area contributed by atoms with Gasteiger partial charge in [0.1, 0.15) is 25.1 Å². The third kappa shape index (κ3) is 3.78. The van der Waals surface area contributed by atoms with Crippen LogP contribution >= 0.6 is 0 Å². The van der Waals surface area contributed by atoms with Crippen LogP contribution in [0.3, 0.4) is 0 Å². The van der Waals surface area contributed by atoms with E-state index in [0.29, 0.717) is 11.3 Å². The summed E-state index contributed by atoms with van der Waals surface area (Å²) in [5, 5.41) is 9.25. The van der Waals surface area contributed by atoms with Gasteiger partial charge in [0.05, 0.1) is 0 Å². The van der Waals surface area contributed by atoms with E-state index in [9.17, 15) is 14.4 Å². The summed E-state index contributed by atoms with van der Waals surface area (Å²) in [5.41, 5.74) is 2.30. The molecule has 1 N–H and O–H groups in total. The molecule has 0 radical (unpaired) electrons. The lowest BCUT2D eigenvalue weighted by atomic mass is 9.99. The summed E-state index contributed by atoms with van der Waals surface area (Å²) >= 11 is 0. The number of halogens is 1. The molecule has 0 amide bonds. The Labute approximate surface area is 105 Å². The predicted octanol–water partition coefficient (Wildman–Crippen LogP) is 2.15. The van der Waals surface area contributed by atoms with Crippen LogP contribution in [0.25, 0.3) is 0 Å². The van der Waals surface area contributed by atoms with Crippen LogP contribution in [0.2, 0.25) is 0 Å². The number of aliphatic hydroxyl groups excluding tert-OH is 1. The molecule has 0 aliphatic rings. The van der Waals surface area contributed by atoms with Crippen LogP contribution < -0.4 is 4.74 Å². The molecule has 18 heavy (non-hydrogen) atoms. The third-order valence-corrected chi connectivity index (χ3v) is 2.56. The first-order chi connectivity index (χ1) is 8.45. The minimum atomic E-state index is -1.02. The SMILES string of the molecule is CC(=O)c1c(C)cc(OCC(O)COF)cc1C. The van der Waals surface area contributed by atoms with Crippen LogP contribution in [0.1, 0.15) is 28.4 Å². The lowest BCUT2D eigenvalue weighted by Crippen LogP contribution is -2.22. The van der Waals surface area contributed by atoms with Crippen molar-refractivity contribution in [2.45, 2.75) is 26.9 Å². The fraction of sp³-hybridized carbons (Fsp3) is 0.462. The molecule has 1 unspecified atom stereocenters. The Hall–Kier alpha value is -1.46. The van der Waals surface area contributed by atoms with Crippen molar-refractivity contribution >= 4 is 5.78 Å². The maximum Gasteiger partial charge on any atom is 0.160 e. The maximum absolute atomic E-state index is 11.5. The number of Topliss-reactive ketones (excluding diaryl/α,β-unsaturated/α-hetero) is 1. The minimum Gasteiger partial charge on any atom is -0.491 e. The second kappa shape index (κ2) is 6.47. The zero-order chi connectivity index (χ0) is 13.7. The van der Waals surface area contributed by atoms with Gasteiger partial charge in [-0.3, -0.25) is 4.79 Å². The van der Waals surface area contributed by atoms with E-state index in [-0.39, 0.29) is 12.4 Å². The molecule has 1 aromatic carbocycles. The molecule has 5 heteroatoms. The molecule has 0 aliphatic carbocycles. The van der Waals surface area contributed by atoms with Crippen molar-refractivity contribution in [2.24, 2.45) is 0 Å². The van der Waals surface area contributed by atoms with Crippen LogP contribution in [0.4, 0.5) is 4.53 Å². The van der Waals surface area contributed by atoms with Gasteiger partial charge in [0, 0.05) is 5.56 Å². The lowest BCUT2D eigenvalue weighted by Gasteiger charge is -2.13. The first kappa shape index (κ1) is 14.6. The molecule has 0 aliphatic heterocycles. The number of aryl methyl sites for hydroxylation is 2. The molecule has 0 bridgehead atoms. The molecule has 0 fully saturated rings. The normalized spacial score (nSPS) is 12.3. The second-order valence-electron chi connectivity index (χ2n) is 4.23. The van der Waals surface area contributed by atoms with Crippen molar-refractivity contribution in [3.05, 3.63) is 28.8 Å².